The Balaban J connectivity index is 1.53. The minimum Gasteiger partial charge on any atom is -0.352 e. The highest BCUT2D eigenvalue weighted by molar-refractivity contribution is 7.14. The molecule has 0 spiro atoms. The molecule has 0 unspecified atom stereocenters. The first-order valence-electron chi connectivity index (χ1n) is 8.82. The summed E-state index contributed by atoms with van der Waals surface area (Å²) in [6.45, 7) is 0. The number of thiophene rings is 1. The van der Waals surface area contributed by atoms with Crippen molar-refractivity contribution in [2.24, 2.45) is 0 Å². The molecule has 7 nitrogen and oxygen atoms in total. The van der Waals surface area contributed by atoms with Crippen molar-refractivity contribution in [3.63, 3.8) is 0 Å². The zero-order valence-electron chi connectivity index (χ0n) is 14.8. The van der Waals surface area contributed by atoms with E-state index in [1.807, 2.05) is 18.3 Å². The van der Waals surface area contributed by atoms with Crippen molar-refractivity contribution in [1.82, 2.24) is 35.3 Å². The molecule has 140 valence electrons. The predicted molar refractivity (Wildman–Crippen MR) is 110 cm³/mol. The number of halogens is 1. The number of pyridine rings is 2. The molecule has 0 bridgehead atoms. The molecule has 0 aromatic carbocycles. The third kappa shape index (κ3) is 2.55. The first-order valence-corrected chi connectivity index (χ1v) is 9.64. The minimum atomic E-state index is -0.217. The van der Waals surface area contributed by atoms with E-state index >= 15 is 0 Å². The van der Waals surface area contributed by atoms with Gasteiger partial charge < -0.3 is 4.98 Å². The van der Waals surface area contributed by atoms with Crippen LogP contribution in [0.15, 0.2) is 55.2 Å². The van der Waals surface area contributed by atoms with Crippen LogP contribution in [0.25, 0.3) is 54.9 Å². The lowest BCUT2D eigenvalue weighted by molar-refractivity contribution is 0.657. The summed E-state index contributed by atoms with van der Waals surface area (Å²) >= 11 is 1.11. The summed E-state index contributed by atoms with van der Waals surface area (Å²) in [6.07, 6.45) is 8.87. The standard InChI is InChI=1S/C20H12FN7S/c21-18-2-1-17(29-18)14-8-22-9-16-12(14)4-15(26-16)19-13-3-10(11-6-24-25-7-11)5-23-20(13)28-27-19/h1-9,26H,(H,24,25)(H,23,27,28). The van der Waals surface area contributed by atoms with Crippen LogP contribution >= 0.6 is 11.3 Å². The second kappa shape index (κ2) is 6.08. The Morgan fingerprint density at radius 2 is 1.93 bits per heavy atom. The van der Waals surface area contributed by atoms with Gasteiger partial charge in [0.25, 0.3) is 0 Å². The summed E-state index contributed by atoms with van der Waals surface area (Å²) < 4.78 is 13.5. The van der Waals surface area contributed by atoms with Gasteiger partial charge in [0.15, 0.2) is 10.8 Å². The summed E-state index contributed by atoms with van der Waals surface area (Å²) in [4.78, 5) is 13.0. The van der Waals surface area contributed by atoms with Gasteiger partial charge in [-0.1, -0.05) is 0 Å². The molecule has 3 N–H and O–H groups in total. The van der Waals surface area contributed by atoms with E-state index in [0.717, 1.165) is 60.6 Å². The smallest absolute Gasteiger partial charge is 0.181 e. The third-order valence-corrected chi connectivity index (χ3v) is 5.80. The highest BCUT2D eigenvalue weighted by atomic mass is 32.1. The van der Waals surface area contributed by atoms with Gasteiger partial charge in [-0.3, -0.25) is 15.2 Å². The third-order valence-electron chi connectivity index (χ3n) is 4.89. The maximum atomic E-state index is 13.5. The number of H-pyrrole nitrogens is 3. The quantitative estimate of drug-likeness (QED) is 0.398. The van der Waals surface area contributed by atoms with Crippen LogP contribution < -0.4 is 0 Å². The van der Waals surface area contributed by atoms with Gasteiger partial charge in [-0.15, -0.1) is 11.3 Å². The number of hydrogen-bond donors (Lipinski definition) is 3. The number of rotatable bonds is 3. The normalized spacial score (nSPS) is 11.6. The average molecular weight is 401 g/mol. The van der Waals surface area contributed by atoms with Crippen molar-refractivity contribution < 1.29 is 4.39 Å². The van der Waals surface area contributed by atoms with E-state index in [4.69, 9.17) is 0 Å². The highest BCUT2D eigenvalue weighted by Gasteiger charge is 2.15. The molecular weight excluding hydrogens is 389 g/mol. The predicted octanol–water partition coefficient (Wildman–Crippen LogP) is 4.76. The number of nitrogens with one attached hydrogen (secondary N) is 3. The van der Waals surface area contributed by atoms with E-state index in [-0.39, 0.29) is 5.13 Å². The Kier molecular flexibility index (Phi) is 3.38. The van der Waals surface area contributed by atoms with E-state index < -0.39 is 0 Å². The van der Waals surface area contributed by atoms with Gasteiger partial charge in [0.05, 0.1) is 29.3 Å². The van der Waals surface area contributed by atoms with Gasteiger partial charge in [0.1, 0.15) is 0 Å². The monoisotopic (exact) mass is 401 g/mol. The lowest BCUT2D eigenvalue weighted by Crippen LogP contribution is -1.81. The van der Waals surface area contributed by atoms with Crippen molar-refractivity contribution in [1.29, 1.82) is 0 Å². The van der Waals surface area contributed by atoms with Gasteiger partial charge in [0, 0.05) is 50.9 Å². The van der Waals surface area contributed by atoms with E-state index in [1.165, 1.54) is 6.07 Å². The Hall–Kier alpha value is -3.85. The molecule has 0 atom stereocenters. The molecule has 0 aliphatic heterocycles. The maximum Gasteiger partial charge on any atom is 0.181 e. The molecule has 0 amide bonds. The summed E-state index contributed by atoms with van der Waals surface area (Å²) in [5.74, 6) is 0. The van der Waals surface area contributed by atoms with Crippen LogP contribution in [0.3, 0.4) is 0 Å². The molecule has 0 fully saturated rings. The molecule has 6 aromatic rings. The first kappa shape index (κ1) is 16.1. The Morgan fingerprint density at radius 1 is 0.966 bits per heavy atom. The van der Waals surface area contributed by atoms with Crippen LogP contribution in [0, 0.1) is 5.13 Å². The molecule has 0 saturated heterocycles. The molecule has 6 rings (SSSR count). The van der Waals surface area contributed by atoms with Gasteiger partial charge in [-0.25, -0.2) is 4.98 Å². The zero-order valence-corrected chi connectivity index (χ0v) is 15.6. The minimum absolute atomic E-state index is 0.217. The van der Waals surface area contributed by atoms with E-state index in [9.17, 15) is 4.39 Å². The van der Waals surface area contributed by atoms with Gasteiger partial charge >= 0.3 is 0 Å². The lowest BCUT2D eigenvalue weighted by atomic mass is 10.1. The highest BCUT2D eigenvalue weighted by Crippen LogP contribution is 2.36. The van der Waals surface area contributed by atoms with Crippen LogP contribution in [-0.4, -0.2) is 35.3 Å². The van der Waals surface area contributed by atoms with Crippen LogP contribution in [0.5, 0.6) is 0 Å². The SMILES string of the molecule is Fc1ccc(-c2cncc3[nH]c(-c4[nH]nc5ncc(-c6cn[nH]c6)cc45)cc23)s1. The number of aromatic nitrogens is 7. The van der Waals surface area contributed by atoms with Gasteiger partial charge in [-0.2, -0.15) is 14.6 Å². The topological polar surface area (TPSA) is 98.9 Å². The van der Waals surface area contributed by atoms with Gasteiger partial charge in [0.2, 0.25) is 0 Å². The summed E-state index contributed by atoms with van der Waals surface area (Å²) in [7, 11) is 0. The fourth-order valence-electron chi connectivity index (χ4n) is 3.51. The number of aromatic amines is 3. The molecule has 0 aliphatic carbocycles. The molecule has 0 radical (unpaired) electrons. The Labute approximate surface area is 166 Å². The number of hydrogen-bond acceptors (Lipinski definition) is 5. The Morgan fingerprint density at radius 3 is 2.76 bits per heavy atom. The summed E-state index contributed by atoms with van der Waals surface area (Å²) in [5.41, 5.74) is 5.98. The van der Waals surface area contributed by atoms with E-state index in [2.05, 4.69) is 35.3 Å². The fraction of sp³-hybridized carbons (Fsp3) is 0. The molecule has 29 heavy (non-hydrogen) atoms. The van der Waals surface area contributed by atoms with Crippen LogP contribution in [-0.2, 0) is 0 Å². The maximum absolute atomic E-state index is 13.5. The Bertz CT molecular complexity index is 1480. The van der Waals surface area contributed by atoms with Crippen molar-refractivity contribution in [2.75, 3.05) is 0 Å². The molecule has 9 heteroatoms. The van der Waals surface area contributed by atoms with Crippen molar-refractivity contribution in [3.8, 4) is 33.0 Å². The van der Waals surface area contributed by atoms with Crippen molar-refractivity contribution in [3.05, 3.63) is 60.4 Å². The van der Waals surface area contributed by atoms with Crippen molar-refractivity contribution in [2.45, 2.75) is 0 Å². The largest absolute Gasteiger partial charge is 0.352 e. The van der Waals surface area contributed by atoms with Crippen LogP contribution in [0.2, 0.25) is 0 Å². The molecule has 6 aromatic heterocycles. The van der Waals surface area contributed by atoms with E-state index in [1.54, 1.807) is 30.9 Å². The first-order chi connectivity index (χ1) is 14.3. The van der Waals surface area contributed by atoms with Crippen LogP contribution in [0.1, 0.15) is 0 Å². The zero-order chi connectivity index (χ0) is 19.4. The molecular formula is C20H12FN7S. The average Bonchev–Trinajstić information content (AvgIpc) is 3.51. The van der Waals surface area contributed by atoms with Crippen LogP contribution in [0.4, 0.5) is 4.39 Å². The van der Waals surface area contributed by atoms with Gasteiger partial charge in [-0.05, 0) is 24.3 Å². The van der Waals surface area contributed by atoms with Crippen molar-refractivity contribution >= 4 is 33.3 Å². The molecule has 0 aliphatic rings. The second-order valence-electron chi connectivity index (χ2n) is 6.62. The summed E-state index contributed by atoms with van der Waals surface area (Å²) in [6, 6.07) is 7.31. The summed E-state index contributed by atoms with van der Waals surface area (Å²) in [5, 5.41) is 15.9. The molecule has 0 saturated carbocycles. The molecule has 6 heterocycles. The second-order valence-corrected chi connectivity index (χ2v) is 7.65. The van der Waals surface area contributed by atoms with E-state index in [0.29, 0.717) is 5.65 Å². The fourth-order valence-corrected chi connectivity index (χ4v) is 4.27. The number of fused-ring (bicyclic) bond motifs is 2. The lowest BCUT2D eigenvalue weighted by Gasteiger charge is -1.98. The number of nitrogens with zero attached hydrogens (tertiary/aromatic N) is 4.